The molecule has 0 radical (unpaired) electrons. The Morgan fingerprint density at radius 2 is 2.00 bits per heavy atom. The number of hydrogen-bond donors (Lipinski definition) is 1. The van der Waals surface area contributed by atoms with Crippen LogP contribution in [0.5, 0.6) is 0 Å². The smallest absolute Gasteiger partial charge is 0.174 e. The van der Waals surface area contributed by atoms with E-state index < -0.39 is 0 Å². The van der Waals surface area contributed by atoms with E-state index in [0.717, 1.165) is 22.1 Å². The van der Waals surface area contributed by atoms with Gasteiger partial charge in [-0.05, 0) is 36.0 Å². The third-order valence-electron chi connectivity index (χ3n) is 3.80. The van der Waals surface area contributed by atoms with Gasteiger partial charge in [-0.2, -0.15) is 10.2 Å². The molecule has 1 aromatic carbocycles. The Labute approximate surface area is 157 Å². The summed E-state index contributed by atoms with van der Waals surface area (Å²) in [4.78, 5) is 1.95. The van der Waals surface area contributed by atoms with Crippen molar-refractivity contribution in [2.75, 3.05) is 12.4 Å². The van der Waals surface area contributed by atoms with Crippen molar-refractivity contribution in [3.8, 4) is 0 Å². The lowest BCUT2D eigenvalue weighted by molar-refractivity contribution is 0.482. The second-order valence-corrected chi connectivity index (χ2v) is 6.58. The summed E-state index contributed by atoms with van der Waals surface area (Å²) in [7, 11) is 3.85. The minimum absolute atomic E-state index is 0.609. The summed E-state index contributed by atoms with van der Waals surface area (Å²) >= 11 is 11.4. The highest BCUT2D eigenvalue weighted by molar-refractivity contribution is 7.80. The highest BCUT2D eigenvalue weighted by Gasteiger charge is 2.09. The number of aromatic nitrogens is 4. The van der Waals surface area contributed by atoms with Gasteiger partial charge in [0.15, 0.2) is 10.9 Å². The van der Waals surface area contributed by atoms with Crippen LogP contribution in [-0.2, 0) is 20.1 Å². The number of benzene rings is 1. The molecule has 3 rings (SSSR count). The maximum absolute atomic E-state index is 5.91. The van der Waals surface area contributed by atoms with E-state index in [1.807, 2.05) is 71.0 Å². The van der Waals surface area contributed by atoms with E-state index in [1.165, 1.54) is 0 Å². The third-order valence-corrected chi connectivity index (χ3v) is 4.47. The number of nitrogens with one attached hydrogen (secondary N) is 1. The van der Waals surface area contributed by atoms with Gasteiger partial charge in [0.1, 0.15) is 0 Å². The Morgan fingerprint density at radius 3 is 2.68 bits per heavy atom. The monoisotopic (exact) mass is 374 g/mol. The van der Waals surface area contributed by atoms with Crippen molar-refractivity contribution >= 4 is 34.7 Å². The van der Waals surface area contributed by atoms with Crippen LogP contribution in [0.2, 0.25) is 5.02 Å². The number of rotatable bonds is 5. The molecule has 25 heavy (non-hydrogen) atoms. The fourth-order valence-corrected chi connectivity index (χ4v) is 2.66. The van der Waals surface area contributed by atoms with E-state index in [4.69, 9.17) is 23.8 Å². The van der Waals surface area contributed by atoms with Crippen LogP contribution in [0.1, 0.15) is 11.3 Å². The van der Waals surface area contributed by atoms with Gasteiger partial charge in [-0.25, -0.2) is 0 Å². The van der Waals surface area contributed by atoms with Gasteiger partial charge < -0.3 is 10.2 Å². The number of nitrogens with zero attached hydrogens (tertiary/aromatic N) is 5. The predicted octanol–water partition coefficient (Wildman–Crippen LogP) is 3.15. The summed E-state index contributed by atoms with van der Waals surface area (Å²) in [6.45, 7) is 1.35. The van der Waals surface area contributed by atoms with Crippen LogP contribution in [0.4, 0.5) is 5.82 Å². The number of aryl methyl sites for hydroxylation is 1. The molecule has 0 aliphatic rings. The van der Waals surface area contributed by atoms with Crippen molar-refractivity contribution in [3.05, 3.63) is 65.1 Å². The Kier molecular flexibility index (Phi) is 5.35. The molecule has 0 unspecified atom stereocenters. The maximum Gasteiger partial charge on any atom is 0.174 e. The second kappa shape index (κ2) is 7.67. The average Bonchev–Trinajstić information content (AvgIpc) is 3.19. The number of anilines is 1. The molecule has 8 heteroatoms. The highest BCUT2D eigenvalue weighted by Crippen LogP contribution is 2.12. The summed E-state index contributed by atoms with van der Waals surface area (Å²) < 4.78 is 3.69. The van der Waals surface area contributed by atoms with Gasteiger partial charge in [0.2, 0.25) is 0 Å². The largest absolute Gasteiger partial charge is 0.346 e. The van der Waals surface area contributed by atoms with Crippen LogP contribution >= 0.6 is 23.8 Å². The molecule has 0 aliphatic heterocycles. The highest BCUT2D eigenvalue weighted by atomic mass is 35.5. The fourth-order valence-electron chi connectivity index (χ4n) is 2.37. The van der Waals surface area contributed by atoms with E-state index in [0.29, 0.717) is 18.2 Å². The van der Waals surface area contributed by atoms with Crippen LogP contribution in [0.3, 0.4) is 0 Å². The lowest BCUT2D eigenvalue weighted by atomic mass is 10.2. The third kappa shape index (κ3) is 4.58. The van der Waals surface area contributed by atoms with Crippen LogP contribution in [0, 0.1) is 0 Å². The molecule has 0 saturated heterocycles. The zero-order chi connectivity index (χ0) is 17.8. The Balaban J connectivity index is 1.57. The van der Waals surface area contributed by atoms with Crippen molar-refractivity contribution in [3.63, 3.8) is 0 Å². The summed E-state index contributed by atoms with van der Waals surface area (Å²) in [6, 6.07) is 11.6. The first-order valence-electron chi connectivity index (χ1n) is 7.78. The first kappa shape index (κ1) is 17.4. The molecule has 3 aromatic rings. The summed E-state index contributed by atoms with van der Waals surface area (Å²) in [5.41, 5.74) is 2.22. The van der Waals surface area contributed by atoms with Gasteiger partial charge in [-0.15, -0.1) is 0 Å². The summed E-state index contributed by atoms with van der Waals surface area (Å²) in [5.74, 6) is 0.718. The minimum Gasteiger partial charge on any atom is -0.346 e. The lowest BCUT2D eigenvalue weighted by Crippen LogP contribution is -2.31. The average molecular weight is 375 g/mol. The normalized spacial score (nSPS) is 10.7. The van der Waals surface area contributed by atoms with Gasteiger partial charge in [-0.3, -0.25) is 9.36 Å². The summed E-state index contributed by atoms with van der Waals surface area (Å²) in [5, 5.41) is 13.2. The molecule has 0 fully saturated rings. The van der Waals surface area contributed by atoms with E-state index in [2.05, 4.69) is 15.5 Å². The predicted molar refractivity (Wildman–Crippen MR) is 104 cm³/mol. The molecular weight excluding hydrogens is 356 g/mol. The zero-order valence-electron chi connectivity index (χ0n) is 14.1. The topological polar surface area (TPSA) is 50.9 Å². The Bertz CT molecular complexity index is 854. The number of hydrogen-bond acceptors (Lipinski definition) is 3. The molecule has 0 saturated carbocycles. The Hall–Kier alpha value is -2.38. The lowest BCUT2D eigenvalue weighted by Gasteiger charge is -2.20. The molecular formula is C17H19ClN6S. The van der Waals surface area contributed by atoms with Gasteiger partial charge >= 0.3 is 0 Å². The first-order chi connectivity index (χ1) is 12.0. The molecule has 0 amide bonds. The van der Waals surface area contributed by atoms with E-state index >= 15 is 0 Å². The quantitative estimate of drug-likeness (QED) is 0.695. The molecule has 0 aliphatic carbocycles. The summed E-state index contributed by atoms with van der Waals surface area (Å²) in [6.07, 6.45) is 3.69. The van der Waals surface area contributed by atoms with Gasteiger partial charge in [-0.1, -0.05) is 23.7 Å². The van der Waals surface area contributed by atoms with Crippen LogP contribution in [0.25, 0.3) is 0 Å². The van der Waals surface area contributed by atoms with Crippen molar-refractivity contribution < 1.29 is 0 Å². The standard InChI is InChI=1S/C17H19ClN6S/c1-22(12-15-7-9-19-23(15)2)17(25)20-16-8-10-24(21-16)11-13-3-5-14(18)6-4-13/h3-10H,11-12H2,1-2H3,(H,20,21,25). The number of thiocarbonyl (C=S) groups is 1. The molecule has 1 N–H and O–H groups in total. The molecule has 2 heterocycles. The molecule has 0 atom stereocenters. The van der Waals surface area contributed by atoms with Crippen LogP contribution < -0.4 is 5.32 Å². The van der Waals surface area contributed by atoms with E-state index in [9.17, 15) is 0 Å². The first-order valence-corrected chi connectivity index (χ1v) is 8.57. The molecule has 130 valence electrons. The molecule has 2 aromatic heterocycles. The van der Waals surface area contributed by atoms with Crippen molar-refractivity contribution in [1.29, 1.82) is 0 Å². The van der Waals surface area contributed by atoms with Crippen LogP contribution in [0.15, 0.2) is 48.8 Å². The van der Waals surface area contributed by atoms with Gasteiger partial charge in [0, 0.05) is 37.6 Å². The number of halogens is 1. The fraction of sp³-hybridized carbons (Fsp3) is 0.235. The van der Waals surface area contributed by atoms with Gasteiger partial charge in [0.05, 0.1) is 18.8 Å². The zero-order valence-corrected chi connectivity index (χ0v) is 15.6. The second-order valence-electron chi connectivity index (χ2n) is 5.76. The molecule has 6 nitrogen and oxygen atoms in total. The van der Waals surface area contributed by atoms with Crippen LogP contribution in [-0.4, -0.2) is 36.6 Å². The van der Waals surface area contributed by atoms with Crippen molar-refractivity contribution in [2.45, 2.75) is 13.1 Å². The SMILES string of the molecule is CN(Cc1ccnn1C)C(=S)Nc1ccn(Cc2ccc(Cl)cc2)n1. The van der Waals surface area contributed by atoms with Crippen molar-refractivity contribution in [2.24, 2.45) is 7.05 Å². The Morgan fingerprint density at radius 1 is 1.24 bits per heavy atom. The molecule has 0 bridgehead atoms. The van der Waals surface area contributed by atoms with E-state index in [1.54, 1.807) is 6.20 Å². The maximum atomic E-state index is 5.91. The van der Waals surface area contributed by atoms with Crippen molar-refractivity contribution in [1.82, 2.24) is 24.5 Å². The molecule has 0 spiro atoms. The van der Waals surface area contributed by atoms with Gasteiger partial charge in [0.25, 0.3) is 0 Å². The minimum atomic E-state index is 0.609. The van der Waals surface area contributed by atoms with E-state index in [-0.39, 0.29) is 0 Å².